The minimum Gasteiger partial charge on any atom is -0.322 e. The molecule has 2 aromatic carbocycles. The van der Waals surface area contributed by atoms with Crippen molar-refractivity contribution < 1.29 is 22.9 Å². The van der Waals surface area contributed by atoms with E-state index in [0.717, 1.165) is 18.2 Å². The van der Waals surface area contributed by atoms with Gasteiger partial charge in [-0.3, -0.25) is 14.9 Å². The molecule has 9 heteroatoms. The summed E-state index contributed by atoms with van der Waals surface area (Å²) in [6.07, 6.45) is -4.57. The van der Waals surface area contributed by atoms with Crippen molar-refractivity contribution in [2.75, 3.05) is 5.32 Å². The van der Waals surface area contributed by atoms with Crippen LogP contribution in [0.4, 0.5) is 24.5 Å². The second-order valence-electron chi connectivity index (χ2n) is 4.90. The minimum atomic E-state index is -4.57. The number of nitro groups is 1. The van der Waals surface area contributed by atoms with Gasteiger partial charge in [0.2, 0.25) is 0 Å². The number of anilines is 1. The van der Waals surface area contributed by atoms with Crippen LogP contribution in [0.25, 0.3) is 0 Å². The van der Waals surface area contributed by atoms with E-state index in [0.29, 0.717) is 0 Å². The predicted molar refractivity (Wildman–Crippen MR) is 82.2 cm³/mol. The van der Waals surface area contributed by atoms with Crippen molar-refractivity contribution in [1.29, 1.82) is 0 Å². The molecule has 0 fully saturated rings. The van der Waals surface area contributed by atoms with Crippen LogP contribution in [-0.4, -0.2) is 10.8 Å². The molecule has 1 amide bonds. The van der Waals surface area contributed by atoms with Crippen LogP contribution in [0.3, 0.4) is 0 Å². The first kappa shape index (κ1) is 17.7. The Kier molecular flexibility index (Phi) is 4.79. The quantitative estimate of drug-likeness (QED) is 0.631. The number of aryl methyl sites for hydroxylation is 1. The van der Waals surface area contributed by atoms with Crippen LogP contribution in [0, 0.1) is 17.0 Å². The van der Waals surface area contributed by atoms with Crippen LogP contribution < -0.4 is 5.32 Å². The number of nitrogens with zero attached hydrogens (tertiary/aromatic N) is 1. The standard InChI is InChI=1S/C15H10ClF3N2O3/c1-8-2-4-10(7-12(8)15(17,18)19)20-14(22)11-5-3-9(16)6-13(11)21(23)24/h2-7H,1H3,(H,20,22). The molecule has 1 N–H and O–H groups in total. The van der Waals surface area contributed by atoms with Gasteiger partial charge in [0.1, 0.15) is 5.56 Å². The van der Waals surface area contributed by atoms with Crippen LogP contribution in [0.15, 0.2) is 36.4 Å². The number of carbonyl (C=O) groups is 1. The second-order valence-corrected chi connectivity index (χ2v) is 5.34. The molecule has 0 aliphatic heterocycles. The summed E-state index contributed by atoms with van der Waals surface area (Å²) in [5, 5.41) is 13.3. The van der Waals surface area contributed by atoms with E-state index in [-0.39, 0.29) is 21.8 Å². The van der Waals surface area contributed by atoms with E-state index in [1.165, 1.54) is 25.1 Å². The SMILES string of the molecule is Cc1ccc(NC(=O)c2ccc(Cl)cc2[N+](=O)[O-])cc1C(F)(F)F. The van der Waals surface area contributed by atoms with E-state index in [4.69, 9.17) is 11.6 Å². The average Bonchev–Trinajstić information content (AvgIpc) is 2.47. The molecule has 0 spiro atoms. The molecule has 2 aromatic rings. The van der Waals surface area contributed by atoms with Crippen molar-refractivity contribution in [2.24, 2.45) is 0 Å². The van der Waals surface area contributed by atoms with Gasteiger partial charge in [-0.2, -0.15) is 13.2 Å². The fourth-order valence-corrected chi connectivity index (χ4v) is 2.22. The molecule has 0 aromatic heterocycles. The van der Waals surface area contributed by atoms with Crippen molar-refractivity contribution in [3.05, 3.63) is 68.2 Å². The van der Waals surface area contributed by atoms with Crippen molar-refractivity contribution in [3.63, 3.8) is 0 Å². The smallest absolute Gasteiger partial charge is 0.322 e. The third-order valence-corrected chi connectivity index (χ3v) is 3.44. The molecule has 0 saturated carbocycles. The molecule has 0 bridgehead atoms. The van der Waals surface area contributed by atoms with E-state index in [2.05, 4.69) is 5.32 Å². The number of hydrogen-bond acceptors (Lipinski definition) is 3. The van der Waals surface area contributed by atoms with E-state index in [9.17, 15) is 28.1 Å². The van der Waals surface area contributed by atoms with Gasteiger partial charge < -0.3 is 5.32 Å². The number of alkyl halides is 3. The molecule has 0 aliphatic rings. The molecule has 24 heavy (non-hydrogen) atoms. The summed E-state index contributed by atoms with van der Waals surface area (Å²) < 4.78 is 38.7. The Morgan fingerprint density at radius 3 is 2.46 bits per heavy atom. The number of benzene rings is 2. The van der Waals surface area contributed by atoms with Gasteiger partial charge in [-0.15, -0.1) is 0 Å². The van der Waals surface area contributed by atoms with Crippen LogP contribution in [-0.2, 0) is 6.18 Å². The summed E-state index contributed by atoms with van der Waals surface area (Å²) in [7, 11) is 0. The van der Waals surface area contributed by atoms with E-state index < -0.39 is 28.3 Å². The lowest BCUT2D eigenvalue weighted by molar-refractivity contribution is -0.385. The van der Waals surface area contributed by atoms with Crippen LogP contribution >= 0.6 is 11.6 Å². The number of carbonyl (C=O) groups excluding carboxylic acids is 1. The Morgan fingerprint density at radius 1 is 1.21 bits per heavy atom. The van der Waals surface area contributed by atoms with Crippen LogP contribution in [0.2, 0.25) is 5.02 Å². The van der Waals surface area contributed by atoms with E-state index in [1.807, 2.05) is 0 Å². The van der Waals surface area contributed by atoms with Crippen LogP contribution in [0.5, 0.6) is 0 Å². The number of hydrogen-bond donors (Lipinski definition) is 1. The van der Waals surface area contributed by atoms with Gasteiger partial charge in [-0.05, 0) is 36.8 Å². The Labute approximate surface area is 139 Å². The number of nitro benzene ring substituents is 1. The van der Waals surface area contributed by atoms with Gasteiger partial charge in [-0.25, -0.2) is 0 Å². The largest absolute Gasteiger partial charge is 0.416 e. The summed E-state index contributed by atoms with van der Waals surface area (Å²) in [5.74, 6) is -0.907. The molecule has 0 heterocycles. The predicted octanol–water partition coefficient (Wildman–Crippen LogP) is 4.83. The zero-order chi connectivity index (χ0) is 18.1. The maximum atomic E-state index is 12.9. The number of rotatable bonds is 3. The van der Waals surface area contributed by atoms with Gasteiger partial charge in [0, 0.05) is 16.8 Å². The Bertz CT molecular complexity index is 822. The van der Waals surface area contributed by atoms with Gasteiger partial charge in [0.15, 0.2) is 0 Å². The van der Waals surface area contributed by atoms with Gasteiger partial charge in [0.25, 0.3) is 11.6 Å². The lowest BCUT2D eigenvalue weighted by atomic mass is 10.1. The maximum absolute atomic E-state index is 12.9. The minimum absolute atomic E-state index is 0.00188. The monoisotopic (exact) mass is 358 g/mol. The number of nitrogens with one attached hydrogen (secondary N) is 1. The average molecular weight is 359 g/mol. The van der Waals surface area contributed by atoms with Crippen molar-refractivity contribution >= 4 is 28.9 Å². The lowest BCUT2D eigenvalue weighted by Gasteiger charge is -2.13. The summed E-state index contributed by atoms with van der Waals surface area (Å²) in [5.41, 5.74) is -1.87. The van der Waals surface area contributed by atoms with Crippen molar-refractivity contribution in [1.82, 2.24) is 0 Å². The van der Waals surface area contributed by atoms with Gasteiger partial charge in [0.05, 0.1) is 10.5 Å². The zero-order valence-electron chi connectivity index (χ0n) is 12.1. The molecular formula is C15H10ClF3N2O3. The highest BCUT2D eigenvalue weighted by molar-refractivity contribution is 6.31. The molecule has 0 unspecified atom stereocenters. The number of halogens is 4. The first-order valence-corrected chi connectivity index (χ1v) is 6.90. The number of amides is 1. The zero-order valence-corrected chi connectivity index (χ0v) is 12.9. The highest BCUT2D eigenvalue weighted by atomic mass is 35.5. The molecule has 0 radical (unpaired) electrons. The van der Waals surface area contributed by atoms with E-state index >= 15 is 0 Å². The normalized spacial score (nSPS) is 11.2. The van der Waals surface area contributed by atoms with E-state index in [1.54, 1.807) is 0 Å². The summed E-state index contributed by atoms with van der Waals surface area (Å²) in [6, 6.07) is 6.66. The molecule has 126 valence electrons. The van der Waals surface area contributed by atoms with Crippen molar-refractivity contribution in [2.45, 2.75) is 13.1 Å². The highest BCUT2D eigenvalue weighted by Gasteiger charge is 2.32. The maximum Gasteiger partial charge on any atom is 0.416 e. The molecule has 0 aliphatic carbocycles. The molecule has 0 atom stereocenters. The fourth-order valence-electron chi connectivity index (χ4n) is 2.05. The fraction of sp³-hybridized carbons (Fsp3) is 0.133. The molecular weight excluding hydrogens is 349 g/mol. The Hall–Kier alpha value is -2.61. The summed E-state index contributed by atoms with van der Waals surface area (Å²) in [4.78, 5) is 22.3. The lowest BCUT2D eigenvalue weighted by Crippen LogP contribution is -2.15. The molecule has 5 nitrogen and oxygen atoms in total. The molecule has 2 rings (SSSR count). The highest BCUT2D eigenvalue weighted by Crippen LogP contribution is 2.33. The Morgan fingerprint density at radius 2 is 1.88 bits per heavy atom. The first-order valence-electron chi connectivity index (χ1n) is 6.52. The van der Waals surface area contributed by atoms with Gasteiger partial charge >= 0.3 is 6.18 Å². The molecule has 0 saturated heterocycles. The van der Waals surface area contributed by atoms with Crippen LogP contribution in [0.1, 0.15) is 21.5 Å². The van der Waals surface area contributed by atoms with Crippen molar-refractivity contribution in [3.8, 4) is 0 Å². The first-order chi connectivity index (χ1) is 11.1. The second kappa shape index (κ2) is 6.48. The topological polar surface area (TPSA) is 72.2 Å². The van der Waals surface area contributed by atoms with Gasteiger partial charge in [-0.1, -0.05) is 17.7 Å². The third kappa shape index (κ3) is 3.83. The third-order valence-electron chi connectivity index (χ3n) is 3.20. The summed E-state index contributed by atoms with van der Waals surface area (Å²) in [6.45, 7) is 1.29. The Balaban J connectivity index is 2.36. The summed E-state index contributed by atoms with van der Waals surface area (Å²) >= 11 is 5.65.